The van der Waals surface area contributed by atoms with Crippen LogP contribution in [0, 0.1) is 0 Å². The zero-order chi connectivity index (χ0) is 15.2. The van der Waals surface area contributed by atoms with Gasteiger partial charge in [0.15, 0.2) is 0 Å². The average molecular weight is 305 g/mol. The first-order valence-corrected chi connectivity index (χ1v) is 7.11. The molecule has 6 heteroatoms. The Morgan fingerprint density at radius 3 is 2.76 bits per heavy atom. The lowest BCUT2D eigenvalue weighted by Gasteiger charge is -2.11. The highest BCUT2D eigenvalue weighted by Crippen LogP contribution is 2.18. The first-order valence-electron chi connectivity index (χ1n) is 6.74. The van der Waals surface area contributed by atoms with Gasteiger partial charge in [-0.15, -0.1) is 0 Å². The van der Waals surface area contributed by atoms with Crippen molar-refractivity contribution in [3.8, 4) is 0 Å². The van der Waals surface area contributed by atoms with Crippen LogP contribution < -0.4 is 10.6 Å². The van der Waals surface area contributed by atoms with Crippen molar-refractivity contribution < 1.29 is 4.79 Å². The van der Waals surface area contributed by atoms with Crippen LogP contribution in [0.2, 0.25) is 5.02 Å². The van der Waals surface area contributed by atoms with E-state index in [0.29, 0.717) is 16.5 Å². The largest absolute Gasteiger partial charge is 0.348 e. The Hall–Kier alpha value is -2.14. The molecule has 2 rings (SSSR count). The van der Waals surface area contributed by atoms with E-state index in [0.717, 1.165) is 12.1 Å². The van der Waals surface area contributed by atoms with Gasteiger partial charge in [0.25, 0.3) is 5.91 Å². The maximum Gasteiger partial charge on any atom is 0.271 e. The summed E-state index contributed by atoms with van der Waals surface area (Å²) in [7, 11) is 0. The Kier molecular flexibility index (Phi) is 5.11. The molecule has 2 N–H and O–H groups in total. The predicted octanol–water partition coefficient (Wildman–Crippen LogP) is 3.40. The van der Waals surface area contributed by atoms with Gasteiger partial charge in [-0.05, 0) is 31.5 Å². The molecule has 0 aliphatic heterocycles. The third-order valence-corrected chi connectivity index (χ3v) is 3.21. The molecule has 0 saturated heterocycles. The fourth-order valence-electron chi connectivity index (χ4n) is 1.62. The summed E-state index contributed by atoms with van der Waals surface area (Å²) < 4.78 is 0. The number of nitrogens with zero attached hydrogens (tertiary/aromatic N) is 2. The van der Waals surface area contributed by atoms with Crippen LogP contribution in [0.25, 0.3) is 0 Å². The summed E-state index contributed by atoms with van der Waals surface area (Å²) in [5.41, 5.74) is 1.11. The fourth-order valence-corrected chi connectivity index (χ4v) is 1.81. The highest BCUT2D eigenvalue weighted by atomic mass is 35.5. The van der Waals surface area contributed by atoms with Crippen LogP contribution >= 0.6 is 11.6 Å². The molecule has 1 aromatic carbocycles. The SMILES string of the molecule is CCC(C)NC(=O)c1cnc(Nc2cccc(Cl)c2)cn1. The summed E-state index contributed by atoms with van der Waals surface area (Å²) in [6, 6.07) is 7.40. The molecular weight excluding hydrogens is 288 g/mol. The van der Waals surface area contributed by atoms with Gasteiger partial charge in [-0.2, -0.15) is 0 Å². The van der Waals surface area contributed by atoms with Gasteiger partial charge in [0.1, 0.15) is 11.5 Å². The molecule has 0 aliphatic carbocycles. The Morgan fingerprint density at radius 2 is 2.14 bits per heavy atom. The van der Waals surface area contributed by atoms with E-state index < -0.39 is 0 Å². The normalized spacial score (nSPS) is 11.8. The molecular formula is C15H17ClN4O. The van der Waals surface area contributed by atoms with Crippen LogP contribution in [-0.4, -0.2) is 21.9 Å². The first kappa shape index (κ1) is 15.3. The van der Waals surface area contributed by atoms with Crippen LogP contribution in [0.15, 0.2) is 36.7 Å². The van der Waals surface area contributed by atoms with Crippen LogP contribution in [0.5, 0.6) is 0 Å². The van der Waals surface area contributed by atoms with Crippen molar-refractivity contribution in [2.45, 2.75) is 26.3 Å². The molecule has 0 aliphatic rings. The lowest BCUT2D eigenvalue weighted by molar-refractivity contribution is 0.0934. The number of benzene rings is 1. The second kappa shape index (κ2) is 7.04. The highest BCUT2D eigenvalue weighted by molar-refractivity contribution is 6.30. The number of hydrogen-bond donors (Lipinski definition) is 2. The van der Waals surface area contributed by atoms with E-state index in [9.17, 15) is 4.79 Å². The molecule has 5 nitrogen and oxygen atoms in total. The molecule has 1 heterocycles. The number of rotatable bonds is 5. The van der Waals surface area contributed by atoms with Crippen LogP contribution in [-0.2, 0) is 0 Å². The van der Waals surface area contributed by atoms with Gasteiger partial charge in [0.05, 0.1) is 12.4 Å². The maximum absolute atomic E-state index is 11.9. The third-order valence-electron chi connectivity index (χ3n) is 2.97. The minimum Gasteiger partial charge on any atom is -0.348 e. The molecule has 0 radical (unpaired) electrons. The van der Waals surface area contributed by atoms with Crippen LogP contribution in [0.1, 0.15) is 30.8 Å². The second-order valence-electron chi connectivity index (χ2n) is 4.70. The number of carbonyl (C=O) groups is 1. The van der Waals surface area contributed by atoms with Crippen LogP contribution in [0.3, 0.4) is 0 Å². The summed E-state index contributed by atoms with van der Waals surface area (Å²) >= 11 is 5.91. The molecule has 1 amide bonds. The van der Waals surface area contributed by atoms with E-state index >= 15 is 0 Å². The van der Waals surface area contributed by atoms with E-state index in [-0.39, 0.29) is 11.9 Å². The topological polar surface area (TPSA) is 66.9 Å². The van der Waals surface area contributed by atoms with Crippen molar-refractivity contribution in [1.82, 2.24) is 15.3 Å². The van der Waals surface area contributed by atoms with E-state index in [1.54, 1.807) is 12.1 Å². The molecule has 1 atom stereocenters. The molecule has 1 unspecified atom stereocenters. The average Bonchev–Trinajstić information content (AvgIpc) is 2.47. The molecule has 0 fully saturated rings. The highest BCUT2D eigenvalue weighted by Gasteiger charge is 2.10. The van der Waals surface area contributed by atoms with Gasteiger partial charge in [-0.3, -0.25) is 4.79 Å². The summed E-state index contributed by atoms with van der Waals surface area (Å²) in [6.45, 7) is 3.95. The molecule has 21 heavy (non-hydrogen) atoms. The number of aromatic nitrogens is 2. The molecule has 0 saturated carbocycles. The Bertz CT molecular complexity index is 615. The smallest absolute Gasteiger partial charge is 0.271 e. The summed E-state index contributed by atoms with van der Waals surface area (Å²) in [5.74, 6) is 0.337. The second-order valence-corrected chi connectivity index (χ2v) is 5.14. The maximum atomic E-state index is 11.9. The van der Waals surface area contributed by atoms with Gasteiger partial charge in [0.2, 0.25) is 0 Å². The molecule has 0 spiro atoms. The predicted molar refractivity (Wildman–Crippen MR) is 84.0 cm³/mol. The van der Waals surface area contributed by atoms with E-state index in [1.165, 1.54) is 12.4 Å². The third kappa shape index (κ3) is 4.43. The number of anilines is 2. The van der Waals surface area contributed by atoms with Gasteiger partial charge < -0.3 is 10.6 Å². The minimum atomic E-state index is -0.217. The number of hydrogen-bond acceptors (Lipinski definition) is 4. The van der Waals surface area contributed by atoms with Crippen molar-refractivity contribution in [2.75, 3.05) is 5.32 Å². The van der Waals surface area contributed by atoms with Gasteiger partial charge in [-0.1, -0.05) is 24.6 Å². The zero-order valence-electron chi connectivity index (χ0n) is 11.9. The minimum absolute atomic E-state index is 0.114. The van der Waals surface area contributed by atoms with Crippen molar-refractivity contribution in [1.29, 1.82) is 0 Å². The molecule has 0 bridgehead atoms. The quantitative estimate of drug-likeness (QED) is 0.888. The Morgan fingerprint density at radius 1 is 1.33 bits per heavy atom. The zero-order valence-corrected chi connectivity index (χ0v) is 12.7. The number of amides is 1. The summed E-state index contributed by atoms with van der Waals surface area (Å²) in [6.07, 6.45) is 3.84. The van der Waals surface area contributed by atoms with Crippen molar-refractivity contribution in [3.63, 3.8) is 0 Å². The lowest BCUT2D eigenvalue weighted by Crippen LogP contribution is -2.32. The standard InChI is InChI=1S/C15H17ClN4O/c1-3-10(2)19-15(21)13-8-18-14(9-17-13)20-12-6-4-5-11(16)7-12/h4-10H,3H2,1-2H3,(H,18,20)(H,19,21). The number of carbonyl (C=O) groups excluding carboxylic acids is 1. The first-order chi connectivity index (χ1) is 10.1. The lowest BCUT2D eigenvalue weighted by atomic mass is 10.2. The number of halogens is 1. The molecule has 110 valence electrons. The van der Waals surface area contributed by atoms with E-state index in [1.807, 2.05) is 26.0 Å². The van der Waals surface area contributed by atoms with E-state index in [2.05, 4.69) is 20.6 Å². The Balaban J connectivity index is 2.03. The molecule has 1 aromatic heterocycles. The molecule has 2 aromatic rings. The summed E-state index contributed by atoms with van der Waals surface area (Å²) in [4.78, 5) is 20.2. The van der Waals surface area contributed by atoms with Gasteiger partial charge >= 0.3 is 0 Å². The summed E-state index contributed by atoms with van der Waals surface area (Å²) in [5, 5.41) is 6.55. The van der Waals surface area contributed by atoms with Crippen molar-refractivity contribution in [3.05, 3.63) is 47.4 Å². The van der Waals surface area contributed by atoms with Crippen molar-refractivity contribution >= 4 is 29.0 Å². The fraction of sp³-hybridized carbons (Fsp3) is 0.267. The van der Waals surface area contributed by atoms with Gasteiger partial charge in [0, 0.05) is 16.8 Å². The van der Waals surface area contributed by atoms with Gasteiger partial charge in [-0.25, -0.2) is 9.97 Å². The Labute approximate surface area is 128 Å². The monoisotopic (exact) mass is 304 g/mol. The van der Waals surface area contributed by atoms with Crippen LogP contribution in [0.4, 0.5) is 11.5 Å². The van der Waals surface area contributed by atoms with E-state index in [4.69, 9.17) is 11.6 Å². The van der Waals surface area contributed by atoms with Crippen molar-refractivity contribution in [2.24, 2.45) is 0 Å². The number of nitrogens with one attached hydrogen (secondary N) is 2.